The van der Waals surface area contributed by atoms with Gasteiger partial charge >= 0.3 is 0 Å². The molecule has 1 saturated carbocycles. The monoisotopic (exact) mass is 417 g/mol. The molecule has 0 unspecified atom stereocenters. The van der Waals surface area contributed by atoms with Crippen molar-refractivity contribution >= 4 is 23.2 Å². The molecule has 3 heterocycles. The molecule has 1 aliphatic carbocycles. The molecule has 152 valence electrons. The average molecular weight is 418 g/mol. The summed E-state index contributed by atoms with van der Waals surface area (Å²) in [7, 11) is 0. The molecule has 3 aromatic rings. The minimum absolute atomic E-state index is 0.150. The zero-order valence-electron chi connectivity index (χ0n) is 16.6. The van der Waals surface area contributed by atoms with E-state index in [-0.39, 0.29) is 5.91 Å². The number of hydrogen-bond acceptors (Lipinski definition) is 5. The van der Waals surface area contributed by atoms with E-state index >= 15 is 0 Å². The van der Waals surface area contributed by atoms with E-state index in [1.807, 2.05) is 29.3 Å². The molecule has 0 atom stereocenters. The molecule has 5 rings (SSSR count). The maximum absolute atomic E-state index is 12.8. The number of aromatic nitrogens is 4. The van der Waals surface area contributed by atoms with Crippen molar-refractivity contribution in [3.8, 4) is 11.4 Å². The molecule has 7 heteroatoms. The van der Waals surface area contributed by atoms with Crippen LogP contribution in [-0.4, -0.2) is 49.4 Å². The third-order valence-electron chi connectivity index (χ3n) is 5.53. The molecule has 6 nitrogen and oxygen atoms in total. The van der Waals surface area contributed by atoms with E-state index in [9.17, 15) is 4.79 Å². The van der Waals surface area contributed by atoms with Crippen molar-refractivity contribution in [2.75, 3.05) is 18.8 Å². The molecule has 0 saturated heterocycles. The van der Waals surface area contributed by atoms with Crippen molar-refractivity contribution < 1.29 is 4.79 Å². The van der Waals surface area contributed by atoms with E-state index in [1.165, 1.54) is 22.9 Å². The first-order valence-electron chi connectivity index (χ1n) is 10.3. The second-order valence-corrected chi connectivity index (χ2v) is 8.57. The van der Waals surface area contributed by atoms with E-state index < -0.39 is 0 Å². The Labute approximate surface area is 180 Å². The summed E-state index contributed by atoms with van der Waals surface area (Å²) in [6, 6.07) is 14.7. The number of rotatable bonds is 6. The summed E-state index contributed by atoms with van der Waals surface area (Å²) in [5, 5.41) is 9.61. The molecule has 1 aliphatic heterocycles. The van der Waals surface area contributed by atoms with Gasteiger partial charge in [-0.05, 0) is 42.5 Å². The zero-order chi connectivity index (χ0) is 20.3. The molecule has 0 radical (unpaired) electrons. The van der Waals surface area contributed by atoms with Gasteiger partial charge < -0.3 is 4.90 Å². The molecular formula is C23H23N5OS. The number of hydrogen-bond donors (Lipinski definition) is 0. The van der Waals surface area contributed by atoms with Crippen molar-refractivity contribution in [2.45, 2.75) is 30.5 Å². The molecule has 1 amide bonds. The fraction of sp³-hybridized carbons (Fsp3) is 0.304. The summed E-state index contributed by atoms with van der Waals surface area (Å²) in [5.41, 5.74) is 3.53. The van der Waals surface area contributed by atoms with Crippen LogP contribution in [0.15, 0.2) is 66.1 Å². The van der Waals surface area contributed by atoms with Gasteiger partial charge in [-0.25, -0.2) is 0 Å². The fourth-order valence-corrected chi connectivity index (χ4v) is 4.67. The van der Waals surface area contributed by atoms with Crippen LogP contribution in [0.2, 0.25) is 0 Å². The highest BCUT2D eigenvalue weighted by Gasteiger charge is 2.30. The predicted molar refractivity (Wildman–Crippen MR) is 118 cm³/mol. The molecule has 0 N–H and O–H groups in total. The summed E-state index contributed by atoms with van der Waals surface area (Å²) in [6.45, 7) is 1.43. The van der Waals surface area contributed by atoms with Gasteiger partial charge in [0.05, 0.1) is 5.75 Å². The number of benzene rings is 1. The Kier molecular flexibility index (Phi) is 5.36. The molecular weight excluding hydrogens is 394 g/mol. The highest BCUT2D eigenvalue weighted by Crippen LogP contribution is 2.41. The van der Waals surface area contributed by atoms with E-state index in [4.69, 9.17) is 0 Å². The van der Waals surface area contributed by atoms with E-state index in [2.05, 4.69) is 50.1 Å². The molecule has 1 aromatic carbocycles. The van der Waals surface area contributed by atoms with Gasteiger partial charge in [0.15, 0.2) is 11.0 Å². The van der Waals surface area contributed by atoms with E-state index in [1.54, 1.807) is 6.20 Å². The molecule has 0 bridgehead atoms. The molecule has 1 fully saturated rings. The zero-order valence-corrected chi connectivity index (χ0v) is 17.5. The highest BCUT2D eigenvalue weighted by molar-refractivity contribution is 7.99. The van der Waals surface area contributed by atoms with Crippen molar-refractivity contribution in [2.24, 2.45) is 0 Å². The largest absolute Gasteiger partial charge is 0.338 e. The van der Waals surface area contributed by atoms with Crippen LogP contribution < -0.4 is 0 Å². The SMILES string of the molecule is O=C(CSc1nnc(-c2cccnc2)n1C1CC1)N1CC=C(c2ccccc2)CC1. The van der Waals surface area contributed by atoms with Crippen LogP contribution in [0.1, 0.15) is 30.9 Å². The van der Waals surface area contributed by atoms with Crippen molar-refractivity contribution in [1.29, 1.82) is 0 Å². The number of carbonyl (C=O) groups excluding carboxylic acids is 1. The van der Waals surface area contributed by atoms with Crippen LogP contribution in [0.5, 0.6) is 0 Å². The lowest BCUT2D eigenvalue weighted by Gasteiger charge is -2.26. The Hall–Kier alpha value is -2.93. The maximum Gasteiger partial charge on any atom is 0.233 e. The molecule has 2 aromatic heterocycles. The first kappa shape index (κ1) is 19.1. The summed E-state index contributed by atoms with van der Waals surface area (Å²) in [5.74, 6) is 1.37. The highest BCUT2D eigenvalue weighted by atomic mass is 32.2. The van der Waals surface area contributed by atoms with Gasteiger partial charge in [0.1, 0.15) is 0 Å². The van der Waals surface area contributed by atoms with Crippen LogP contribution in [0, 0.1) is 0 Å². The van der Waals surface area contributed by atoms with Crippen LogP contribution in [-0.2, 0) is 4.79 Å². The number of carbonyl (C=O) groups is 1. The lowest BCUT2D eigenvalue weighted by Crippen LogP contribution is -2.35. The lowest BCUT2D eigenvalue weighted by molar-refractivity contribution is -0.127. The van der Waals surface area contributed by atoms with E-state index in [0.717, 1.165) is 42.4 Å². The van der Waals surface area contributed by atoms with Gasteiger partial charge in [0, 0.05) is 37.1 Å². The third kappa shape index (κ3) is 4.03. The van der Waals surface area contributed by atoms with Crippen LogP contribution in [0.25, 0.3) is 17.0 Å². The quantitative estimate of drug-likeness (QED) is 0.566. The first-order valence-corrected chi connectivity index (χ1v) is 11.3. The smallest absolute Gasteiger partial charge is 0.233 e. The van der Waals surface area contributed by atoms with Gasteiger partial charge in [-0.2, -0.15) is 0 Å². The maximum atomic E-state index is 12.8. The number of thioether (sulfide) groups is 1. The van der Waals surface area contributed by atoms with Crippen molar-refractivity contribution in [1.82, 2.24) is 24.6 Å². The summed E-state index contributed by atoms with van der Waals surface area (Å²) >= 11 is 1.49. The summed E-state index contributed by atoms with van der Waals surface area (Å²) in [4.78, 5) is 18.9. The Bertz CT molecular complexity index is 1060. The Balaban J connectivity index is 1.24. The van der Waals surface area contributed by atoms with Gasteiger partial charge in [0.25, 0.3) is 0 Å². The van der Waals surface area contributed by atoms with E-state index in [0.29, 0.717) is 18.3 Å². The molecule has 2 aliphatic rings. The van der Waals surface area contributed by atoms with Crippen molar-refractivity contribution in [3.63, 3.8) is 0 Å². The van der Waals surface area contributed by atoms with Crippen LogP contribution in [0.3, 0.4) is 0 Å². The minimum atomic E-state index is 0.150. The topological polar surface area (TPSA) is 63.9 Å². The van der Waals surface area contributed by atoms with Crippen molar-refractivity contribution in [3.05, 3.63) is 66.5 Å². The first-order chi connectivity index (χ1) is 14.8. The fourth-order valence-electron chi connectivity index (χ4n) is 3.76. The number of nitrogens with zero attached hydrogens (tertiary/aromatic N) is 5. The van der Waals surface area contributed by atoms with Gasteiger partial charge in [-0.3, -0.25) is 14.3 Å². The summed E-state index contributed by atoms with van der Waals surface area (Å²) < 4.78 is 2.18. The second-order valence-electron chi connectivity index (χ2n) is 7.62. The average Bonchev–Trinajstić information content (AvgIpc) is 3.57. The Morgan fingerprint density at radius 3 is 2.60 bits per heavy atom. The third-order valence-corrected chi connectivity index (χ3v) is 6.46. The number of pyridine rings is 1. The van der Waals surface area contributed by atoms with Gasteiger partial charge in [-0.15, -0.1) is 10.2 Å². The van der Waals surface area contributed by atoms with Gasteiger partial charge in [-0.1, -0.05) is 48.2 Å². The standard InChI is InChI=1S/C23H23N5OS/c29-21(27-13-10-18(11-14-27)17-5-2-1-3-6-17)16-30-23-26-25-22(28(23)20-8-9-20)19-7-4-12-24-15-19/h1-7,10,12,15,20H,8-9,11,13-14,16H2. The summed E-state index contributed by atoms with van der Waals surface area (Å²) in [6.07, 6.45) is 8.90. The van der Waals surface area contributed by atoms with Crippen LogP contribution >= 0.6 is 11.8 Å². The normalized spacial score (nSPS) is 16.4. The Morgan fingerprint density at radius 1 is 1.07 bits per heavy atom. The predicted octanol–water partition coefficient (Wildman–Crippen LogP) is 4.08. The molecule has 0 spiro atoms. The lowest BCUT2D eigenvalue weighted by atomic mass is 10.00. The second kappa shape index (κ2) is 8.44. The number of amides is 1. The Morgan fingerprint density at radius 2 is 1.90 bits per heavy atom. The molecule has 30 heavy (non-hydrogen) atoms. The van der Waals surface area contributed by atoms with Gasteiger partial charge in [0.2, 0.25) is 5.91 Å². The minimum Gasteiger partial charge on any atom is -0.338 e. The van der Waals surface area contributed by atoms with Crippen LogP contribution in [0.4, 0.5) is 0 Å².